The van der Waals surface area contributed by atoms with Crippen molar-refractivity contribution in [1.29, 1.82) is 0 Å². The standard InChI is InChI=1S/C14H22N2O2/c1-2-6-14(7-3-1)8-4-12(17-14)10-15-11-13-5-9-16-18-13/h5,9,12,15H,1-4,6-8,10-11H2. The van der Waals surface area contributed by atoms with E-state index in [1.54, 1.807) is 6.20 Å². The molecule has 2 heterocycles. The van der Waals surface area contributed by atoms with Crippen LogP contribution in [0.2, 0.25) is 0 Å². The van der Waals surface area contributed by atoms with Crippen molar-refractivity contribution in [3.8, 4) is 0 Å². The molecule has 0 radical (unpaired) electrons. The molecule has 0 amide bonds. The summed E-state index contributed by atoms with van der Waals surface area (Å²) in [6.45, 7) is 1.66. The van der Waals surface area contributed by atoms with E-state index in [0.717, 1.165) is 18.8 Å². The van der Waals surface area contributed by atoms with Gasteiger partial charge in [-0.2, -0.15) is 0 Å². The average molecular weight is 250 g/mol. The fourth-order valence-electron chi connectivity index (χ4n) is 3.29. The van der Waals surface area contributed by atoms with Crippen molar-refractivity contribution in [3.05, 3.63) is 18.0 Å². The summed E-state index contributed by atoms with van der Waals surface area (Å²) < 4.78 is 11.4. The Hall–Kier alpha value is -0.870. The molecule has 100 valence electrons. The van der Waals surface area contributed by atoms with E-state index >= 15 is 0 Å². The largest absolute Gasteiger partial charge is 0.370 e. The van der Waals surface area contributed by atoms with Gasteiger partial charge in [-0.25, -0.2) is 0 Å². The van der Waals surface area contributed by atoms with Crippen LogP contribution in [0.4, 0.5) is 0 Å². The molecule has 1 spiro atoms. The maximum absolute atomic E-state index is 6.30. The molecule has 1 saturated carbocycles. The molecule has 18 heavy (non-hydrogen) atoms. The molecule has 2 aliphatic rings. The van der Waals surface area contributed by atoms with Crippen LogP contribution in [0.25, 0.3) is 0 Å². The van der Waals surface area contributed by atoms with Gasteiger partial charge in [0.05, 0.1) is 24.4 Å². The summed E-state index contributed by atoms with van der Waals surface area (Å²) in [6.07, 6.45) is 11.1. The van der Waals surface area contributed by atoms with Gasteiger partial charge in [0.15, 0.2) is 0 Å². The molecule has 0 bridgehead atoms. The zero-order valence-electron chi connectivity index (χ0n) is 10.9. The molecule has 1 aromatic rings. The summed E-state index contributed by atoms with van der Waals surface area (Å²) in [5, 5.41) is 7.09. The van der Waals surface area contributed by atoms with Crippen LogP contribution in [0.3, 0.4) is 0 Å². The van der Waals surface area contributed by atoms with Gasteiger partial charge in [-0.15, -0.1) is 0 Å². The van der Waals surface area contributed by atoms with E-state index in [4.69, 9.17) is 9.26 Å². The van der Waals surface area contributed by atoms with Gasteiger partial charge >= 0.3 is 0 Å². The lowest BCUT2D eigenvalue weighted by Gasteiger charge is -2.33. The monoisotopic (exact) mass is 250 g/mol. The van der Waals surface area contributed by atoms with E-state index in [2.05, 4.69) is 10.5 Å². The quantitative estimate of drug-likeness (QED) is 0.892. The Bertz CT molecular complexity index is 358. The van der Waals surface area contributed by atoms with Crippen LogP contribution in [0.1, 0.15) is 50.7 Å². The summed E-state index contributed by atoms with van der Waals surface area (Å²) in [5.41, 5.74) is 0.233. The van der Waals surface area contributed by atoms with Crippen molar-refractivity contribution >= 4 is 0 Å². The SMILES string of the molecule is c1cc(CNCC2CCC3(CCCCC3)O2)on1. The summed E-state index contributed by atoms with van der Waals surface area (Å²) in [7, 11) is 0. The maximum atomic E-state index is 6.30. The number of ether oxygens (including phenoxy) is 1. The third-order valence-electron chi connectivity index (χ3n) is 4.27. The zero-order chi connectivity index (χ0) is 12.3. The van der Waals surface area contributed by atoms with Gasteiger partial charge in [0.2, 0.25) is 0 Å². The molecular weight excluding hydrogens is 228 g/mol. The smallest absolute Gasteiger partial charge is 0.150 e. The van der Waals surface area contributed by atoms with Gasteiger partial charge in [-0.3, -0.25) is 0 Å². The number of hydrogen-bond donors (Lipinski definition) is 1. The predicted molar refractivity (Wildman–Crippen MR) is 68.1 cm³/mol. The molecule has 1 N–H and O–H groups in total. The molecule has 1 unspecified atom stereocenters. The third kappa shape index (κ3) is 2.75. The summed E-state index contributed by atoms with van der Waals surface area (Å²) in [5.74, 6) is 0.889. The first-order chi connectivity index (χ1) is 8.86. The summed E-state index contributed by atoms with van der Waals surface area (Å²) >= 11 is 0. The first kappa shape index (κ1) is 12.2. The van der Waals surface area contributed by atoms with Gasteiger partial charge in [0.25, 0.3) is 0 Å². The molecule has 2 fully saturated rings. The second-order valence-electron chi connectivity index (χ2n) is 5.63. The Labute approximate surface area is 108 Å². The molecule has 1 atom stereocenters. The van der Waals surface area contributed by atoms with Crippen molar-refractivity contribution in [3.63, 3.8) is 0 Å². The van der Waals surface area contributed by atoms with E-state index in [-0.39, 0.29) is 5.60 Å². The lowest BCUT2D eigenvalue weighted by atomic mass is 9.83. The second kappa shape index (κ2) is 5.41. The van der Waals surface area contributed by atoms with Gasteiger partial charge in [0, 0.05) is 12.6 Å². The highest BCUT2D eigenvalue weighted by atomic mass is 16.5. The van der Waals surface area contributed by atoms with E-state index in [1.807, 2.05) is 6.07 Å². The molecule has 1 aromatic heterocycles. The lowest BCUT2D eigenvalue weighted by Crippen LogP contribution is -2.34. The van der Waals surface area contributed by atoms with Crippen LogP contribution in [0, 0.1) is 0 Å². The molecule has 1 aliphatic carbocycles. The minimum Gasteiger partial charge on any atom is -0.370 e. The van der Waals surface area contributed by atoms with E-state index in [9.17, 15) is 0 Å². The molecule has 1 saturated heterocycles. The third-order valence-corrected chi connectivity index (χ3v) is 4.27. The second-order valence-corrected chi connectivity index (χ2v) is 5.63. The lowest BCUT2D eigenvalue weighted by molar-refractivity contribution is -0.0625. The Morgan fingerprint density at radius 3 is 2.94 bits per heavy atom. The molecule has 0 aromatic carbocycles. The van der Waals surface area contributed by atoms with Crippen LogP contribution in [0.5, 0.6) is 0 Å². The van der Waals surface area contributed by atoms with Gasteiger partial charge in [-0.1, -0.05) is 24.4 Å². The predicted octanol–water partition coefficient (Wildman–Crippen LogP) is 2.65. The van der Waals surface area contributed by atoms with Gasteiger partial charge < -0.3 is 14.6 Å². The minimum absolute atomic E-state index is 0.233. The Morgan fingerprint density at radius 1 is 1.28 bits per heavy atom. The first-order valence-corrected chi connectivity index (χ1v) is 7.14. The highest BCUT2D eigenvalue weighted by Gasteiger charge is 2.40. The van der Waals surface area contributed by atoms with Crippen LogP contribution < -0.4 is 5.32 Å². The highest BCUT2D eigenvalue weighted by molar-refractivity contribution is 4.94. The van der Waals surface area contributed by atoms with Gasteiger partial charge in [0.1, 0.15) is 5.76 Å². The van der Waals surface area contributed by atoms with E-state index in [1.165, 1.54) is 44.9 Å². The molecule has 4 heteroatoms. The Kier molecular flexibility index (Phi) is 3.66. The van der Waals surface area contributed by atoms with Gasteiger partial charge in [-0.05, 0) is 25.7 Å². The van der Waals surface area contributed by atoms with Crippen LogP contribution >= 0.6 is 0 Å². The van der Waals surface area contributed by atoms with Crippen LogP contribution in [-0.2, 0) is 11.3 Å². The number of nitrogens with zero attached hydrogens (tertiary/aromatic N) is 1. The zero-order valence-corrected chi connectivity index (χ0v) is 10.9. The van der Waals surface area contributed by atoms with E-state index < -0.39 is 0 Å². The van der Waals surface area contributed by atoms with Crippen LogP contribution in [-0.4, -0.2) is 23.4 Å². The topological polar surface area (TPSA) is 47.3 Å². The molecule has 1 aliphatic heterocycles. The molecule has 4 nitrogen and oxygen atoms in total. The molecular formula is C14H22N2O2. The number of hydrogen-bond acceptors (Lipinski definition) is 4. The average Bonchev–Trinajstić information content (AvgIpc) is 3.02. The Balaban J connectivity index is 1.42. The molecule has 3 rings (SSSR count). The number of nitrogens with one attached hydrogen (secondary N) is 1. The summed E-state index contributed by atoms with van der Waals surface area (Å²) in [4.78, 5) is 0. The number of aromatic nitrogens is 1. The summed E-state index contributed by atoms with van der Waals surface area (Å²) in [6, 6.07) is 1.89. The fourth-order valence-corrected chi connectivity index (χ4v) is 3.29. The van der Waals surface area contributed by atoms with Crippen molar-refractivity contribution in [2.45, 2.75) is 63.2 Å². The minimum atomic E-state index is 0.233. The van der Waals surface area contributed by atoms with E-state index in [0.29, 0.717) is 6.10 Å². The maximum Gasteiger partial charge on any atom is 0.150 e. The fraction of sp³-hybridized carbons (Fsp3) is 0.786. The normalized spacial score (nSPS) is 26.8. The Morgan fingerprint density at radius 2 is 2.17 bits per heavy atom. The van der Waals surface area contributed by atoms with Crippen molar-refractivity contribution in [1.82, 2.24) is 10.5 Å². The van der Waals surface area contributed by atoms with Crippen molar-refractivity contribution in [2.75, 3.05) is 6.54 Å². The van der Waals surface area contributed by atoms with Crippen LogP contribution in [0.15, 0.2) is 16.8 Å². The van der Waals surface area contributed by atoms with Crippen molar-refractivity contribution < 1.29 is 9.26 Å². The van der Waals surface area contributed by atoms with Crippen molar-refractivity contribution in [2.24, 2.45) is 0 Å². The number of rotatable bonds is 4. The first-order valence-electron chi connectivity index (χ1n) is 7.14. The highest BCUT2D eigenvalue weighted by Crippen LogP contribution is 2.41.